The zero-order valence-corrected chi connectivity index (χ0v) is 19.4. The van der Waals surface area contributed by atoms with Gasteiger partial charge < -0.3 is 9.30 Å². The number of aromatic nitrogens is 3. The van der Waals surface area contributed by atoms with Crippen LogP contribution in [-0.2, 0) is 11.3 Å². The molecule has 0 unspecified atom stereocenters. The zero-order valence-electron chi connectivity index (χ0n) is 17.7. The standard InChI is InChI=1S/C23H22N4O3S.ClH/c1-16-4-9-19-20(14-16)31-23(25-19)27(12-3-11-26-13-10-24-15-26)21(28)17-5-7-18(8-6-17)22(29)30-2;/h4-10,13-15H,3,11-12H2,1-2H3;1H. The van der Waals surface area contributed by atoms with Gasteiger partial charge in [-0.1, -0.05) is 17.4 Å². The van der Waals surface area contributed by atoms with Crippen molar-refractivity contribution < 1.29 is 14.3 Å². The first-order valence-electron chi connectivity index (χ1n) is 9.88. The fourth-order valence-corrected chi connectivity index (χ4v) is 4.36. The van der Waals surface area contributed by atoms with Crippen LogP contribution in [0.25, 0.3) is 10.2 Å². The number of methoxy groups -OCH3 is 1. The van der Waals surface area contributed by atoms with Crippen molar-refractivity contribution in [1.29, 1.82) is 0 Å². The minimum atomic E-state index is -0.433. The van der Waals surface area contributed by atoms with E-state index in [0.29, 0.717) is 22.8 Å². The fraction of sp³-hybridized carbons (Fsp3) is 0.217. The predicted molar refractivity (Wildman–Crippen MR) is 128 cm³/mol. The topological polar surface area (TPSA) is 77.3 Å². The van der Waals surface area contributed by atoms with Crippen LogP contribution in [0.4, 0.5) is 5.13 Å². The molecular weight excluding hydrogens is 448 g/mol. The number of hydrogen-bond acceptors (Lipinski definition) is 6. The van der Waals surface area contributed by atoms with Crippen LogP contribution >= 0.6 is 23.7 Å². The van der Waals surface area contributed by atoms with Crippen molar-refractivity contribution in [3.05, 3.63) is 77.9 Å². The normalized spacial score (nSPS) is 10.6. The van der Waals surface area contributed by atoms with E-state index < -0.39 is 5.97 Å². The number of anilines is 1. The number of thiazole rings is 1. The summed E-state index contributed by atoms with van der Waals surface area (Å²) in [6, 6.07) is 12.6. The summed E-state index contributed by atoms with van der Waals surface area (Å²) in [5, 5.41) is 0.660. The van der Waals surface area contributed by atoms with Crippen LogP contribution in [0.2, 0.25) is 0 Å². The first kappa shape index (κ1) is 23.4. The highest BCUT2D eigenvalue weighted by Gasteiger charge is 2.21. The molecule has 4 aromatic rings. The molecule has 0 atom stereocenters. The Morgan fingerprint density at radius 1 is 1.12 bits per heavy atom. The number of hydrogen-bond donors (Lipinski definition) is 0. The number of amides is 1. The van der Waals surface area contributed by atoms with Gasteiger partial charge in [-0.3, -0.25) is 9.69 Å². The number of fused-ring (bicyclic) bond motifs is 1. The highest BCUT2D eigenvalue weighted by Crippen LogP contribution is 2.30. The lowest BCUT2D eigenvalue weighted by Crippen LogP contribution is -2.32. The zero-order chi connectivity index (χ0) is 21.8. The molecule has 0 saturated heterocycles. The molecule has 2 aromatic heterocycles. The molecule has 0 saturated carbocycles. The quantitative estimate of drug-likeness (QED) is 0.364. The van der Waals surface area contributed by atoms with Crippen LogP contribution in [0.1, 0.15) is 32.7 Å². The third-order valence-electron chi connectivity index (χ3n) is 4.92. The molecular formula is C23H23ClN4O3S. The van der Waals surface area contributed by atoms with Crippen molar-refractivity contribution in [3.8, 4) is 0 Å². The Morgan fingerprint density at radius 3 is 2.56 bits per heavy atom. The molecule has 2 heterocycles. The van der Waals surface area contributed by atoms with Gasteiger partial charge in [0.2, 0.25) is 0 Å². The molecule has 4 rings (SSSR count). The smallest absolute Gasteiger partial charge is 0.337 e. The highest BCUT2D eigenvalue weighted by molar-refractivity contribution is 7.22. The Labute approximate surface area is 196 Å². The summed E-state index contributed by atoms with van der Waals surface area (Å²) < 4.78 is 7.76. The van der Waals surface area contributed by atoms with Crippen LogP contribution in [-0.4, -0.2) is 40.1 Å². The third kappa shape index (κ3) is 5.15. The van der Waals surface area contributed by atoms with Crippen molar-refractivity contribution >= 4 is 51.0 Å². The van der Waals surface area contributed by atoms with Crippen LogP contribution in [0, 0.1) is 6.92 Å². The number of carbonyl (C=O) groups is 2. The monoisotopic (exact) mass is 470 g/mol. The molecule has 0 spiro atoms. The number of imidazole rings is 1. The lowest BCUT2D eigenvalue weighted by molar-refractivity contribution is 0.0600. The van der Waals surface area contributed by atoms with Crippen LogP contribution < -0.4 is 4.90 Å². The molecule has 166 valence electrons. The van der Waals surface area contributed by atoms with E-state index in [2.05, 4.69) is 11.1 Å². The van der Waals surface area contributed by atoms with E-state index in [0.717, 1.165) is 28.7 Å². The Morgan fingerprint density at radius 2 is 1.88 bits per heavy atom. The number of nitrogens with zero attached hydrogens (tertiary/aromatic N) is 4. The number of halogens is 1. The molecule has 0 bridgehead atoms. The summed E-state index contributed by atoms with van der Waals surface area (Å²) in [6.07, 6.45) is 6.15. The second kappa shape index (κ2) is 10.4. The minimum absolute atomic E-state index is 0. The molecule has 0 radical (unpaired) electrons. The van der Waals surface area contributed by atoms with Gasteiger partial charge >= 0.3 is 5.97 Å². The first-order chi connectivity index (χ1) is 15.0. The third-order valence-corrected chi connectivity index (χ3v) is 5.96. The van der Waals surface area contributed by atoms with Gasteiger partial charge in [-0.2, -0.15) is 0 Å². The van der Waals surface area contributed by atoms with Gasteiger partial charge in [-0.15, -0.1) is 12.4 Å². The molecule has 0 aliphatic rings. The second-order valence-corrected chi connectivity index (χ2v) is 8.16. The molecule has 0 N–H and O–H groups in total. The maximum absolute atomic E-state index is 13.4. The lowest BCUT2D eigenvalue weighted by Gasteiger charge is -2.20. The molecule has 9 heteroatoms. The van der Waals surface area contributed by atoms with Gasteiger partial charge in [-0.25, -0.2) is 14.8 Å². The van der Waals surface area contributed by atoms with Gasteiger partial charge in [0.05, 0.1) is 29.2 Å². The molecule has 2 aromatic carbocycles. The molecule has 0 aliphatic carbocycles. The summed E-state index contributed by atoms with van der Waals surface area (Å²) in [6.45, 7) is 3.29. The minimum Gasteiger partial charge on any atom is -0.465 e. The van der Waals surface area contributed by atoms with Gasteiger partial charge in [0.15, 0.2) is 5.13 Å². The summed E-state index contributed by atoms with van der Waals surface area (Å²) in [7, 11) is 1.33. The van der Waals surface area contributed by atoms with Gasteiger partial charge in [0.1, 0.15) is 0 Å². The van der Waals surface area contributed by atoms with E-state index in [-0.39, 0.29) is 18.3 Å². The predicted octanol–water partition coefficient (Wildman–Crippen LogP) is 4.75. The molecule has 0 aliphatic heterocycles. The first-order valence-corrected chi connectivity index (χ1v) is 10.7. The van der Waals surface area contributed by atoms with Gasteiger partial charge in [0.25, 0.3) is 5.91 Å². The SMILES string of the molecule is COC(=O)c1ccc(C(=O)N(CCCn2ccnc2)c2nc3ccc(C)cc3s2)cc1.Cl. The van der Waals surface area contributed by atoms with Crippen molar-refractivity contribution in [2.75, 3.05) is 18.6 Å². The van der Waals surface area contributed by atoms with E-state index >= 15 is 0 Å². The van der Waals surface area contributed by atoms with Crippen molar-refractivity contribution in [2.45, 2.75) is 19.9 Å². The van der Waals surface area contributed by atoms with Crippen LogP contribution in [0.3, 0.4) is 0 Å². The van der Waals surface area contributed by atoms with Crippen LogP contribution in [0.15, 0.2) is 61.2 Å². The Bertz CT molecular complexity index is 1210. The number of ether oxygens (including phenoxy) is 1. The summed E-state index contributed by atoms with van der Waals surface area (Å²) in [5.41, 5.74) is 2.92. The van der Waals surface area contributed by atoms with Crippen LogP contribution in [0.5, 0.6) is 0 Å². The maximum atomic E-state index is 13.4. The average Bonchev–Trinajstić information content (AvgIpc) is 3.45. The number of aryl methyl sites for hydroxylation is 2. The van der Waals surface area contributed by atoms with E-state index in [9.17, 15) is 9.59 Å². The summed E-state index contributed by atoms with van der Waals surface area (Å²) >= 11 is 1.50. The summed E-state index contributed by atoms with van der Waals surface area (Å²) in [5.74, 6) is -0.587. The Kier molecular flexibility index (Phi) is 7.61. The highest BCUT2D eigenvalue weighted by atomic mass is 35.5. The maximum Gasteiger partial charge on any atom is 0.337 e. The number of carbonyl (C=O) groups excluding carboxylic acids is 2. The Balaban J connectivity index is 0.00000289. The lowest BCUT2D eigenvalue weighted by atomic mass is 10.1. The van der Waals surface area contributed by atoms with E-state index in [4.69, 9.17) is 9.72 Å². The number of benzene rings is 2. The molecule has 7 nitrogen and oxygen atoms in total. The average molecular weight is 471 g/mol. The van der Waals surface area contributed by atoms with Gasteiger partial charge in [0, 0.05) is 31.0 Å². The second-order valence-electron chi connectivity index (χ2n) is 7.15. The fourth-order valence-electron chi connectivity index (χ4n) is 3.27. The van der Waals surface area contributed by atoms with Crippen molar-refractivity contribution in [1.82, 2.24) is 14.5 Å². The molecule has 1 amide bonds. The van der Waals surface area contributed by atoms with Crippen molar-refractivity contribution in [2.24, 2.45) is 0 Å². The Hall–Kier alpha value is -3.23. The molecule has 0 fully saturated rings. The largest absolute Gasteiger partial charge is 0.465 e. The summed E-state index contributed by atoms with van der Waals surface area (Å²) in [4.78, 5) is 35.6. The van der Waals surface area contributed by atoms with Gasteiger partial charge in [-0.05, 0) is 55.3 Å². The number of esters is 1. The van der Waals surface area contributed by atoms with E-state index in [1.165, 1.54) is 18.4 Å². The molecule has 32 heavy (non-hydrogen) atoms. The van der Waals surface area contributed by atoms with E-state index in [1.54, 1.807) is 41.7 Å². The van der Waals surface area contributed by atoms with Crippen molar-refractivity contribution in [3.63, 3.8) is 0 Å². The number of rotatable bonds is 7. The van der Waals surface area contributed by atoms with E-state index in [1.807, 2.05) is 29.8 Å².